The fraction of sp³-hybridized carbons (Fsp3) is 0.462. The van der Waals surface area contributed by atoms with E-state index in [9.17, 15) is 13.2 Å². The molecule has 0 saturated carbocycles. The van der Waals surface area contributed by atoms with Crippen LogP contribution in [0.3, 0.4) is 0 Å². The minimum absolute atomic E-state index is 0.00629. The van der Waals surface area contributed by atoms with Crippen LogP contribution < -0.4 is 0 Å². The predicted molar refractivity (Wildman–Crippen MR) is 76.2 cm³/mol. The summed E-state index contributed by atoms with van der Waals surface area (Å²) in [5.41, 5.74) is -0.0115. The van der Waals surface area contributed by atoms with Crippen molar-refractivity contribution in [3.63, 3.8) is 0 Å². The monoisotopic (exact) mass is 347 g/mol. The molecule has 0 aliphatic carbocycles. The van der Waals surface area contributed by atoms with Crippen LogP contribution in [-0.2, 0) is 19.6 Å². The van der Waals surface area contributed by atoms with Crippen molar-refractivity contribution in [3.05, 3.63) is 28.3 Å². The van der Waals surface area contributed by atoms with Crippen LogP contribution in [0.25, 0.3) is 0 Å². The third kappa shape index (κ3) is 2.50. The third-order valence-electron chi connectivity index (χ3n) is 3.88. The maximum atomic E-state index is 12.7. The van der Waals surface area contributed by atoms with Crippen LogP contribution in [0.15, 0.2) is 17.0 Å². The van der Waals surface area contributed by atoms with Crippen molar-refractivity contribution in [1.82, 2.24) is 4.47 Å². The largest absolute Gasteiger partial charge is 0.478 e. The van der Waals surface area contributed by atoms with Gasteiger partial charge < -0.3 is 9.84 Å². The van der Waals surface area contributed by atoms with Crippen LogP contribution in [0.4, 0.5) is 0 Å². The van der Waals surface area contributed by atoms with Crippen LogP contribution >= 0.6 is 11.6 Å². The molecule has 0 aromatic heterocycles. The Bertz CT molecular complexity index is 722. The van der Waals surface area contributed by atoms with Gasteiger partial charge in [-0.2, -0.15) is 0 Å². The lowest BCUT2D eigenvalue weighted by Crippen LogP contribution is -2.30. The van der Waals surface area contributed by atoms with Crippen molar-refractivity contribution in [2.24, 2.45) is 5.92 Å². The first-order valence-corrected chi connectivity index (χ1v) is 8.43. The number of carboxylic acid groups (broad SMARTS) is 1. The maximum Gasteiger partial charge on any atom is 0.336 e. The number of hydrogen-bond acceptors (Lipinski definition) is 5. The Morgan fingerprint density at radius 3 is 2.77 bits per heavy atom. The highest BCUT2D eigenvalue weighted by Crippen LogP contribution is 2.33. The number of hydrogen-bond donors (Lipinski definition) is 1. The van der Waals surface area contributed by atoms with Crippen molar-refractivity contribution >= 4 is 27.6 Å². The first-order chi connectivity index (χ1) is 10.3. The van der Waals surface area contributed by atoms with Gasteiger partial charge >= 0.3 is 5.97 Å². The summed E-state index contributed by atoms with van der Waals surface area (Å²) in [4.78, 5) is 16.5. The van der Waals surface area contributed by atoms with E-state index in [1.165, 1.54) is 19.1 Å². The average Bonchev–Trinajstić information content (AvgIpc) is 3.01. The molecule has 2 heterocycles. The molecule has 2 aliphatic heterocycles. The lowest BCUT2D eigenvalue weighted by atomic mass is 10.1. The van der Waals surface area contributed by atoms with Crippen LogP contribution in [0.1, 0.15) is 15.9 Å². The number of benzene rings is 1. The lowest BCUT2D eigenvalue weighted by Gasteiger charge is -2.18. The Morgan fingerprint density at radius 2 is 2.14 bits per heavy atom. The van der Waals surface area contributed by atoms with Crippen LogP contribution in [0.2, 0.25) is 5.02 Å². The first-order valence-electron chi connectivity index (χ1n) is 6.61. The number of ether oxygens (including phenoxy) is 1. The van der Waals surface area contributed by atoms with Gasteiger partial charge in [0.2, 0.25) is 0 Å². The molecule has 7 nitrogen and oxygen atoms in total. The van der Waals surface area contributed by atoms with Gasteiger partial charge in [0.05, 0.1) is 23.7 Å². The zero-order chi connectivity index (χ0) is 16.1. The fourth-order valence-electron chi connectivity index (χ4n) is 2.66. The lowest BCUT2D eigenvalue weighted by molar-refractivity contribution is -0.0866. The molecule has 1 aromatic rings. The number of hydroxylamine groups is 1. The summed E-state index contributed by atoms with van der Waals surface area (Å²) in [5, 5.41) is 9.21. The number of carbonyl (C=O) groups is 1. The van der Waals surface area contributed by atoms with E-state index in [0.717, 1.165) is 4.47 Å². The van der Waals surface area contributed by atoms with Gasteiger partial charge in [-0.25, -0.2) is 13.2 Å². The highest BCUT2D eigenvalue weighted by molar-refractivity contribution is 7.89. The van der Waals surface area contributed by atoms with Gasteiger partial charge in [-0.3, -0.25) is 4.84 Å². The summed E-state index contributed by atoms with van der Waals surface area (Å²) in [7, 11) is -3.98. The van der Waals surface area contributed by atoms with Crippen LogP contribution in [-0.4, -0.2) is 49.8 Å². The molecule has 1 N–H and O–H groups in total. The zero-order valence-electron chi connectivity index (χ0n) is 11.7. The van der Waals surface area contributed by atoms with Gasteiger partial charge in [0.25, 0.3) is 10.0 Å². The van der Waals surface area contributed by atoms with E-state index < -0.39 is 16.0 Å². The number of aromatic carboxylic acids is 1. The number of rotatable bonds is 3. The van der Waals surface area contributed by atoms with E-state index in [4.69, 9.17) is 26.3 Å². The molecular weight excluding hydrogens is 334 g/mol. The normalized spacial score (nSPS) is 25.4. The predicted octanol–water partition coefficient (Wildman–Crippen LogP) is 1.30. The molecule has 0 spiro atoms. The fourth-order valence-corrected chi connectivity index (χ4v) is 4.55. The second-order valence-corrected chi connectivity index (χ2v) is 7.55. The van der Waals surface area contributed by atoms with Gasteiger partial charge in [0.15, 0.2) is 0 Å². The Morgan fingerprint density at radius 1 is 1.41 bits per heavy atom. The summed E-state index contributed by atoms with van der Waals surface area (Å²) in [6.45, 7) is 2.42. The highest BCUT2D eigenvalue weighted by Gasteiger charge is 2.44. The summed E-state index contributed by atoms with van der Waals surface area (Å²) in [6, 6.07) is 2.47. The summed E-state index contributed by atoms with van der Waals surface area (Å²) >= 11 is 5.87. The number of nitrogens with zero attached hydrogens (tertiary/aromatic N) is 1. The molecule has 0 radical (unpaired) electrons. The molecule has 1 aromatic carbocycles. The van der Waals surface area contributed by atoms with Gasteiger partial charge in [0, 0.05) is 17.5 Å². The zero-order valence-corrected chi connectivity index (χ0v) is 13.2. The molecule has 2 atom stereocenters. The molecule has 9 heteroatoms. The summed E-state index contributed by atoms with van der Waals surface area (Å²) < 4.78 is 31.6. The molecule has 3 rings (SSSR count). The Labute approximate surface area is 132 Å². The minimum atomic E-state index is -3.98. The van der Waals surface area contributed by atoms with Gasteiger partial charge in [0.1, 0.15) is 6.10 Å². The van der Waals surface area contributed by atoms with Crippen molar-refractivity contribution in [3.8, 4) is 0 Å². The van der Waals surface area contributed by atoms with Crippen LogP contribution in [0, 0.1) is 12.8 Å². The SMILES string of the molecule is Cc1c(C(=O)O)cc(Cl)cc1S(=O)(=O)N1C[C@@H]2COC[C@@H]2O1. The van der Waals surface area contributed by atoms with Crippen molar-refractivity contribution < 1.29 is 27.9 Å². The smallest absolute Gasteiger partial charge is 0.336 e. The average molecular weight is 348 g/mol. The number of sulfonamides is 1. The third-order valence-corrected chi connectivity index (χ3v) is 5.85. The van der Waals surface area contributed by atoms with Crippen molar-refractivity contribution in [2.45, 2.75) is 17.9 Å². The highest BCUT2D eigenvalue weighted by atomic mass is 35.5. The second kappa shape index (κ2) is 5.47. The molecule has 120 valence electrons. The van der Waals surface area contributed by atoms with Gasteiger partial charge in [-0.1, -0.05) is 16.1 Å². The van der Waals surface area contributed by atoms with Gasteiger partial charge in [-0.05, 0) is 24.6 Å². The van der Waals surface area contributed by atoms with E-state index >= 15 is 0 Å². The summed E-state index contributed by atoms with van der Waals surface area (Å²) in [5.74, 6) is -1.24. The quantitative estimate of drug-likeness (QED) is 0.885. The molecule has 2 aliphatic rings. The molecule has 2 saturated heterocycles. The van der Waals surface area contributed by atoms with Crippen molar-refractivity contribution in [1.29, 1.82) is 0 Å². The number of halogens is 1. The second-order valence-electron chi connectivity index (χ2n) is 5.31. The molecular formula is C13H14ClNO6S. The number of fused-ring (bicyclic) bond motifs is 1. The molecule has 22 heavy (non-hydrogen) atoms. The maximum absolute atomic E-state index is 12.7. The van der Waals surface area contributed by atoms with E-state index in [2.05, 4.69) is 0 Å². The standard InChI is InChI=1S/C13H14ClNO6S/c1-7-10(13(16)17)2-9(14)3-12(7)22(18,19)15-4-8-5-20-6-11(8)21-15/h2-3,8,11H,4-6H2,1H3,(H,16,17)/t8-,11+/m1/s1. The van der Waals surface area contributed by atoms with Crippen LogP contribution in [0.5, 0.6) is 0 Å². The van der Waals surface area contributed by atoms with E-state index in [-0.39, 0.29) is 39.6 Å². The Hall–Kier alpha value is -1.19. The first kappa shape index (κ1) is 15.7. The molecule has 0 bridgehead atoms. The summed E-state index contributed by atoms with van der Waals surface area (Å²) in [6.07, 6.45) is -0.284. The molecule has 0 unspecified atom stereocenters. The topological polar surface area (TPSA) is 93.1 Å². The molecule has 2 fully saturated rings. The minimum Gasteiger partial charge on any atom is -0.478 e. The Kier molecular flexibility index (Phi) is 3.90. The number of carboxylic acids is 1. The molecule has 0 amide bonds. The Balaban J connectivity index is 2.01. The van der Waals surface area contributed by atoms with Crippen molar-refractivity contribution in [2.75, 3.05) is 19.8 Å². The van der Waals surface area contributed by atoms with E-state index in [1.54, 1.807) is 0 Å². The van der Waals surface area contributed by atoms with E-state index in [1.807, 2.05) is 0 Å². The van der Waals surface area contributed by atoms with E-state index in [0.29, 0.717) is 13.2 Å². The van der Waals surface area contributed by atoms with Gasteiger partial charge in [-0.15, -0.1) is 0 Å².